The molecule has 2 aliphatic heterocycles. The maximum atomic E-state index is 15.6. The van der Waals surface area contributed by atoms with Crippen molar-refractivity contribution in [3.8, 4) is 28.0 Å². The van der Waals surface area contributed by atoms with Gasteiger partial charge in [0.25, 0.3) is 0 Å². The van der Waals surface area contributed by atoms with Crippen molar-refractivity contribution in [3.63, 3.8) is 0 Å². The van der Waals surface area contributed by atoms with Gasteiger partial charge in [-0.05, 0) is 53.8 Å². The largest absolute Gasteiger partial charge is 0.496 e. The van der Waals surface area contributed by atoms with E-state index < -0.39 is 35.7 Å². The molecule has 2 heterocycles. The van der Waals surface area contributed by atoms with Crippen LogP contribution in [0, 0.1) is 18.7 Å². The molecule has 0 aliphatic carbocycles. The van der Waals surface area contributed by atoms with Gasteiger partial charge in [0.15, 0.2) is 0 Å². The summed E-state index contributed by atoms with van der Waals surface area (Å²) in [6, 6.07) is 13.4. The van der Waals surface area contributed by atoms with Crippen molar-refractivity contribution in [2.45, 2.75) is 32.0 Å². The van der Waals surface area contributed by atoms with E-state index in [1.165, 1.54) is 32.2 Å². The molecular weight excluding hydrogens is 603 g/mol. The fourth-order valence-corrected chi connectivity index (χ4v) is 6.10. The van der Waals surface area contributed by atoms with Crippen molar-refractivity contribution in [3.05, 3.63) is 70.5 Å². The minimum atomic E-state index is -1.08. The lowest BCUT2D eigenvalue weighted by Crippen LogP contribution is -2.56. The molecule has 4 amide bonds. The van der Waals surface area contributed by atoms with Crippen LogP contribution in [0.15, 0.2) is 48.5 Å². The molecule has 12 heteroatoms. The molecule has 3 aromatic carbocycles. The number of carbonyl (C=O) groups excluding carboxylic acids is 3. The van der Waals surface area contributed by atoms with E-state index in [4.69, 9.17) is 21.1 Å². The van der Waals surface area contributed by atoms with Crippen LogP contribution in [0.3, 0.4) is 0 Å². The smallest absolute Gasteiger partial charge is 0.326 e. The van der Waals surface area contributed by atoms with Crippen molar-refractivity contribution in [2.24, 2.45) is 5.92 Å². The maximum Gasteiger partial charge on any atom is 0.326 e. The molecule has 0 saturated carbocycles. The Labute approximate surface area is 266 Å². The summed E-state index contributed by atoms with van der Waals surface area (Å²) in [7, 11) is 4.36. The van der Waals surface area contributed by atoms with Gasteiger partial charge in [0.05, 0.1) is 30.5 Å². The third kappa shape index (κ3) is 6.53. The van der Waals surface area contributed by atoms with Gasteiger partial charge in [-0.25, -0.2) is 9.18 Å². The van der Waals surface area contributed by atoms with E-state index in [1.807, 2.05) is 31.2 Å². The van der Waals surface area contributed by atoms with Crippen LogP contribution in [0.4, 0.5) is 14.9 Å². The van der Waals surface area contributed by atoms with Gasteiger partial charge in [0, 0.05) is 51.0 Å². The first kappa shape index (κ1) is 32.4. The molecule has 2 fully saturated rings. The number of methoxy groups -OCH3 is 1. The number of urea groups is 1. The van der Waals surface area contributed by atoms with Crippen LogP contribution in [-0.2, 0) is 20.9 Å². The second-order valence-electron chi connectivity index (χ2n) is 11.3. The van der Waals surface area contributed by atoms with E-state index >= 15 is 4.39 Å². The summed E-state index contributed by atoms with van der Waals surface area (Å²) in [4.78, 5) is 40.1. The second kappa shape index (κ2) is 13.5. The monoisotopic (exact) mass is 638 g/mol. The van der Waals surface area contributed by atoms with Crippen LogP contribution in [-0.4, -0.2) is 85.9 Å². The van der Waals surface area contributed by atoms with Crippen LogP contribution < -0.4 is 15.4 Å². The Morgan fingerprint density at radius 2 is 1.84 bits per heavy atom. The lowest BCUT2D eigenvalue weighted by molar-refractivity contribution is -0.140. The zero-order valence-electron chi connectivity index (χ0n) is 25.5. The Bertz CT molecular complexity index is 1630. The van der Waals surface area contributed by atoms with Gasteiger partial charge in [0.2, 0.25) is 11.8 Å². The molecule has 3 N–H and O–H groups in total. The Morgan fingerprint density at radius 1 is 1.13 bits per heavy atom. The summed E-state index contributed by atoms with van der Waals surface area (Å²) >= 11 is 6.83. The number of nitrogens with zero attached hydrogens (tertiary/aromatic N) is 2. The molecule has 45 heavy (non-hydrogen) atoms. The van der Waals surface area contributed by atoms with Gasteiger partial charge < -0.3 is 30.1 Å². The number of halogens is 2. The van der Waals surface area contributed by atoms with E-state index in [0.29, 0.717) is 41.2 Å². The number of aliphatic hydroxyl groups is 1. The highest BCUT2D eigenvalue weighted by Gasteiger charge is 2.39. The molecule has 0 radical (unpaired) electrons. The molecule has 3 atom stereocenters. The summed E-state index contributed by atoms with van der Waals surface area (Å²) in [5.41, 5.74) is 4.28. The zero-order chi connectivity index (χ0) is 32.4. The third-order valence-electron chi connectivity index (χ3n) is 8.45. The Kier molecular flexibility index (Phi) is 9.73. The number of anilines is 1. The van der Waals surface area contributed by atoms with Gasteiger partial charge in [0.1, 0.15) is 17.5 Å². The number of carbonyl (C=O) groups is 3. The zero-order valence-corrected chi connectivity index (χ0v) is 26.3. The summed E-state index contributed by atoms with van der Waals surface area (Å²) in [5, 5.41) is 16.4. The number of aliphatic hydroxyl groups excluding tert-OH is 1. The summed E-state index contributed by atoms with van der Waals surface area (Å²) in [5.74, 6) is -2.30. The van der Waals surface area contributed by atoms with Gasteiger partial charge >= 0.3 is 6.03 Å². The highest BCUT2D eigenvalue weighted by molar-refractivity contribution is 6.36. The summed E-state index contributed by atoms with van der Waals surface area (Å²) in [6.07, 6.45) is -0.0447. The van der Waals surface area contributed by atoms with E-state index in [2.05, 4.69) is 10.6 Å². The van der Waals surface area contributed by atoms with Crippen molar-refractivity contribution in [1.82, 2.24) is 15.1 Å². The first-order valence-electron chi connectivity index (χ1n) is 14.6. The number of amides is 4. The molecule has 0 aromatic heterocycles. The summed E-state index contributed by atoms with van der Waals surface area (Å²) in [6.45, 7) is 2.81. The van der Waals surface area contributed by atoms with Gasteiger partial charge in [-0.2, -0.15) is 0 Å². The molecular formula is C33H36ClFN4O6. The molecule has 2 aliphatic rings. The number of imide groups is 1. The molecule has 10 nitrogen and oxygen atoms in total. The molecule has 1 unspecified atom stereocenters. The van der Waals surface area contributed by atoms with E-state index in [0.717, 1.165) is 21.6 Å². The fraction of sp³-hybridized carbons (Fsp3) is 0.364. The van der Waals surface area contributed by atoms with E-state index in [9.17, 15) is 19.5 Å². The highest BCUT2D eigenvalue weighted by atomic mass is 35.5. The lowest BCUT2D eigenvalue weighted by Gasteiger charge is -2.33. The predicted octanol–water partition coefficient (Wildman–Crippen LogP) is 4.45. The summed E-state index contributed by atoms with van der Waals surface area (Å²) < 4.78 is 26.4. The van der Waals surface area contributed by atoms with Crippen molar-refractivity contribution in [2.75, 3.05) is 46.3 Å². The minimum absolute atomic E-state index is 0.0430. The van der Waals surface area contributed by atoms with E-state index in [-0.39, 0.29) is 30.8 Å². The van der Waals surface area contributed by atoms with Crippen molar-refractivity contribution >= 4 is 35.1 Å². The second-order valence-corrected chi connectivity index (χ2v) is 11.7. The SMILES string of the molecule is COc1cc(-c2cccc(-c3cccc(NC(=O)C4CN(C)C(=O)N(C)C4=O)c3Cl)c2C)cc(F)c1CN[C@H]1CCOC[C@H]1O. The van der Waals surface area contributed by atoms with E-state index in [1.54, 1.807) is 18.2 Å². The fourth-order valence-electron chi connectivity index (χ4n) is 5.82. The van der Waals surface area contributed by atoms with Crippen molar-refractivity contribution < 1.29 is 33.4 Å². The average molecular weight is 639 g/mol. The molecule has 3 aromatic rings. The normalized spacial score (nSPS) is 20.4. The lowest BCUT2D eigenvalue weighted by atomic mass is 9.91. The minimum Gasteiger partial charge on any atom is -0.496 e. The van der Waals surface area contributed by atoms with Crippen molar-refractivity contribution in [1.29, 1.82) is 0 Å². The van der Waals surface area contributed by atoms with Gasteiger partial charge in [-0.15, -0.1) is 0 Å². The molecule has 238 valence electrons. The molecule has 5 rings (SSSR count). The number of hydrogen-bond donors (Lipinski definition) is 3. The van der Waals surface area contributed by atoms with Crippen LogP contribution in [0.1, 0.15) is 17.5 Å². The topological polar surface area (TPSA) is 120 Å². The standard InChI is InChI=1S/C33H36ClFN4O6/c1-18-20(19-13-25(35)23(29(14-19)44-4)15-36-26-11-12-45-17-28(26)40)7-5-8-21(18)22-9-6-10-27(30(22)34)37-31(41)24-16-38(2)33(43)39(3)32(24)42/h5-10,13-14,24,26,28,36,40H,11-12,15-17H2,1-4H3,(H,37,41)/t24?,26-,28+/m0/s1. The number of rotatable bonds is 8. The quantitative estimate of drug-likeness (QED) is 0.312. The molecule has 0 spiro atoms. The maximum absolute atomic E-state index is 15.6. The van der Waals surface area contributed by atoms with Crippen LogP contribution >= 0.6 is 11.6 Å². The third-order valence-corrected chi connectivity index (χ3v) is 8.86. The number of benzene rings is 3. The number of ether oxygens (including phenoxy) is 2. The van der Waals surface area contributed by atoms with Crippen LogP contribution in [0.25, 0.3) is 22.3 Å². The average Bonchev–Trinajstić information content (AvgIpc) is 3.02. The molecule has 0 bridgehead atoms. The first-order valence-corrected chi connectivity index (χ1v) is 15.0. The predicted molar refractivity (Wildman–Crippen MR) is 169 cm³/mol. The first-order chi connectivity index (χ1) is 21.5. The highest BCUT2D eigenvalue weighted by Crippen LogP contribution is 2.40. The van der Waals surface area contributed by atoms with Gasteiger partial charge in [-0.3, -0.25) is 14.5 Å². The Balaban J connectivity index is 1.41. The van der Waals surface area contributed by atoms with Gasteiger partial charge in [-0.1, -0.05) is 41.9 Å². The van der Waals surface area contributed by atoms with Crippen LogP contribution in [0.5, 0.6) is 5.75 Å². The molecule has 2 saturated heterocycles. The van der Waals surface area contributed by atoms with Crippen LogP contribution in [0.2, 0.25) is 5.02 Å². The number of hydrogen-bond acceptors (Lipinski definition) is 7. The number of nitrogens with one attached hydrogen (secondary N) is 2. The Hall–Kier alpha value is -4.03. The Morgan fingerprint density at radius 3 is 2.58 bits per heavy atom.